The number of thiazole rings is 1. The van der Waals surface area contributed by atoms with Gasteiger partial charge in [0, 0.05) is 36.0 Å². The van der Waals surface area contributed by atoms with Crippen LogP contribution in [0.15, 0.2) is 47.8 Å². The smallest absolute Gasteiger partial charge is 0.246 e. The van der Waals surface area contributed by atoms with Crippen LogP contribution in [0.1, 0.15) is 92.3 Å². The summed E-state index contributed by atoms with van der Waals surface area (Å²) in [5, 5.41) is 7.80. The summed E-state index contributed by atoms with van der Waals surface area (Å²) in [5.41, 5.74) is 1.07. The average molecular weight is 660 g/mol. The molecule has 2 aromatic carbocycles. The second kappa shape index (κ2) is 15.2. The molecular weight excluding hydrogens is 615 g/mol. The number of aromatic nitrogens is 1. The van der Waals surface area contributed by atoms with Crippen LogP contribution in [0.4, 0.5) is 0 Å². The summed E-state index contributed by atoms with van der Waals surface area (Å²) in [7, 11) is 0. The number of carbonyl (C=O) groups is 3. The molecule has 0 bridgehead atoms. The normalized spacial score (nSPS) is 21.9. The second-order valence-electron chi connectivity index (χ2n) is 12.4. The monoisotopic (exact) mass is 658 g/mol. The number of halogens is 2. The van der Waals surface area contributed by atoms with E-state index < -0.39 is 6.04 Å². The van der Waals surface area contributed by atoms with E-state index in [1.807, 2.05) is 66.6 Å². The van der Waals surface area contributed by atoms with Crippen LogP contribution in [-0.4, -0.2) is 64.1 Å². The standard InChI is InChI=1S/C34H42N4O3S.2ClH/c1-3-22(2)32(40)36-30(24-12-5-4-6-13-24)34(41)38-19-25-15-10-18-37(25)20-29(38)33-35-28(21-42-33)31(39)27-17-9-14-23-11-7-8-16-26(23)27;;/h7-9,11,14,16-17,21-22,24-25,29-30H,3-6,10,12-13,15,18-20H2,1-2H3,(H,36,40);2*1H/t22-,25-,29+,30+;;/m1../s1. The first-order valence-electron chi connectivity index (χ1n) is 15.8. The van der Waals surface area contributed by atoms with E-state index in [2.05, 4.69) is 10.2 Å². The predicted octanol–water partition coefficient (Wildman–Crippen LogP) is 6.83. The zero-order chi connectivity index (χ0) is 29.2. The van der Waals surface area contributed by atoms with Crippen molar-refractivity contribution in [3.05, 3.63) is 64.1 Å². The van der Waals surface area contributed by atoms with E-state index >= 15 is 0 Å². The second-order valence-corrected chi connectivity index (χ2v) is 13.3. The van der Waals surface area contributed by atoms with E-state index in [-0.39, 0.29) is 60.3 Å². The molecule has 0 unspecified atom stereocenters. The molecule has 44 heavy (non-hydrogen) atoms. The van der Waals surface area contributed by atoms with Crippen molar-refractivity contribution in [1.29, 1.82) is 0 Å². The van der Waals surface area contributed by atoms with Gasteiger partial charge < -0.3 is 10.2 Å². The first-order valence-corrected chi connectivity index (χ1v) is 16.6. The molecular formula is C34H44Cl2N4O3S. The van der Waals surface area contributed by atoms with Crippen LogP contribution in [0.25, 0.3) is 10.8 Å². The van der Waals surface area contributed by atoms with Crippen molar-refractivity contribution in [2.24, 2.45) is 11.8 Å². The minimum atomic E-state index is -0.515. The van der Waals surface area contributed by atoms with Crippen molar-refractivity contribution < 1.29 is 14.4 Å². The van der Waals surface area contributed by atoms with E-state index in [9.17, 15) is 14.4 Å². The van der Waals surface area contributed by atoms with E-state index in [0.29, 0.717) is 30.4 Å². The third-order valence-electron chi connectivity index (χ3n) is 9.79. The van der Waals surface area contributed by atoms with Gasteiger partial charge in [-0.3, -0.25) is 19.3 Å². The van der Waals surface area contributed by atoms with Gasteiger partial charge >= 0.3 is 0 Å². The van der Waals surface area contributed by atoms with E-state index in [1.54, 1.807) is 0 Å². The molecule has 1 N–H and O–H groups in total. The van der Waals surface area contributed by atoms with Gasteiger partial charge in [0.1, 0.15) is 16.7 Å². The lowest BCUT2D eigenvalue weighted by Gasteiger charge is -2.45. The van der Waals surface area contributed by atoms with Crippen molar-refractivity contribution >= 4 is 64.5 Å². The highest BCUT2D eigenvalue weighted by Gasteiger charge is 2.44. The first-order chi connectivity index (χ1) is 20.4. The molecule has 3 aliphatic rings. The molecule has 3 fully saturated rings. The van der Waals surface area contributed by atoms with Crippen LogP contribution < -0.4 is 5.32 Å². The van der Waals surface area contributed by atoms with Gasteiger partial charge in [-0.15, -0.1) is 36.2 Å². The summed E-state index contributed by atoms with van der Waals surface area (Å²) in [5.74, 6) is -0.0841. The van der Waals surface area contributed by atoms with Crippen LogP contribution in [0.2, 0.25) is 0 Å². The first kappa shape index (κ1) is 34.4. The molecule has 238 valence electrons. The Balaban J connectivity index is 0.00000221. The minimum Gasteiger partial charge on any atom is -0.344 e. The van der Waals surface area contributed by atoms with Gasteiger partial charge in [-0.05, 0) is 55.3 Å². The third-order valence-corrected chi connectivity index (χ3v) is 10.7. The number of hydrogen-bond donors (Lipinski definition) is 1. The maximum absolute atomic E-state index is 14.5. The maximum atomic E-state index is 14.5. The Labute approximate surface area is 277 Å². The molecule has 2 aliphatic heterocycles. The largest absolute Gasteiger partial charge is 0.344 e. The highest BCUT2D eigenvalue weighted by molar-refractivity contribution is 7.10. The van der Waals surface area contributed by atoms with Gasteiger partial charge in [0.05, 0.1) is 6.04 Å². The lowest BCUT2D eigenvalue weighted by Crippen LogP contribution is -2.60. The fourth-order valence-corrected chi connectivity index (χ4v) is 7.99. The fraction of sp³-hybridized carbons (Fsp3) is 0.529. The van der Waals surface area contributed by atoms with Crippen molar-refractivity contribution in [2.75, 3.05) is 19.6 Å². The fourth-order valence-electron chi connectivity index (χ4n) is 7.09. The van der Waals surface area contributed by atoms with Crippen LogP contribution >= 0.6 is 36.2 Å². The Hall–Kier alpha value is -2.52. The number of benzene rings is 2. The van der Waals surface area contributed by atoms with Crippen LogP contribution in [-0.2, 0) is 9.59 Å². The van der Waals surface area contributed by atoms with Gasteiger partial charge in [0.15, 0.2) is 0 Å². The summed E-state index contributed by atoms with van der Waals surface area (Å²) in [6, 6.07) is 13.3. The molecule has 3 aromatic rings. The number of fused-ring (bicyclic) bond motifs is 2. The van der Waals surface area contributed by atoms with Gasteiger partial charge in [0.25, 0.3) is 0 Å². The summed E-state index contributed by atoms with van der Waals surface area (Å²) in [6.45, 7) is 6.31. The van der Waals surface area contributed by atoms with Crippen LogP contribution in [0, 0.1) is 11.8 Å². The summed E-state index contributed by atoms with van der Waals surface area (Å²) in [6.07, 6.45) is 8.25. The molecule has 4 atom stereocenters. The molecule has 0 radical (unpaired) electrons. The van der Waals surface area contributed by atoms with Crippen molar-refractivity contribution in [3.63, 3.8) is 0 Å². The quantitative estimate of drug-likeness (QED) is 0.268. The lowest BCUT2D eigenvalue weighted by atomic mass is 9.82. The maximum Gasteiger partial charge on any atom is 0.246 e. The molecule has 6 rings (SSSR count). The minimum absolute atomic E-state index is 0. The molecule has 1 aliphatic carbocycles. The average Bonchev–Trinajstić information content (AvgIpc) is 3.72. The van der Waals surface area contributed by atoms with E-state index in [0.717, 1.165) is 67.3 Å². The summed E-state index contributed by atoms with van der Waals surface area (Å²) in [4.78, 5) is 50.7. The Kier molecular flexibility index (Phi) is 11.8. The van der Waals surface area contributed by atoms with Crippen molar-refractivity contribution in [2.45, 2.75) is 83.3 Å². The SMILES string of the molecule is CC[C@@H](C)C(=O)N[C@H](C(=O)N1C[C@H]2CCCN2C[C@H]1c1nc(C(=O)c2cccc3ccccc23)cs1)C1CCCCC1.Cl.Cl. The number of piperazine rings is 1. The zero-order valence-corrected chi connectivity index (χ0v) is 28.0. The number of amides is 2. The third kappa shape index (κ3) is 6.99. The van der Waals surface area contributed by atoms with Gasteiger partial charge in [-0.1, -0.05) is 75.6 Å². The van der Waals surface area contributed by atoms with Crippen LogP contribution in [0.5, 0.6) is 0 Å². The molecule has 2 saturated heterocycles. The van der Waals surface area contributed by atoms with Gasteiger partial charge in [-0.2, -0.15) is 0 Å². The van der Waals surface area contributed by atoms with E-state index in [4.69, 9.17) is 4.98 Å². The molecule has 1 saturated carbocycles. The number of nitrogens with zero attached hydrogens (tertiary/aromatic N) is 3. The Morgan fingerprint density at radius 1 is 0.977 bits per heavy atom. The highest BCUT2D eigenvalue weighted by Crippen LogP contribution is 2.37. The molecule has 10 heteroatoms. The van der Waals surface area contributed by atoms with Crippen LogP contribution in [0.3, 0.4) is 0 Å². The topological polar surface area (TPSA) is 82.6 Å². The Morgan fingerprint density at radius 2 is 1.73 bits per heavy atom. The Morgan fingerprint density at radius 3 is 2.50 bits per heavy atom. The summed E-state index contributed by atoms with van der Waals surface area (Å²) >= 11 is 1.47. The van der Waals surface area contributed by atoms with Gasteiger partial charge in [-0.25, -0.2) is 4.98 Å². The van der Waals surface area contributed by atoms with E-state index in [1.165, 1.54) is 17.8 Å². The molecule has 3 heterocycles. The summed E-state index contributed by atoms with van der Waals surface area (Å²) < 4.78 is 0. The van der Waals surface area contributed by atoms with Gasteiger partial charge in [0.2, 0.25) is 17.6 Å². The lowest BCUT2D eigenvalue weighted by molar-refractivity contribution is -0.144. The number of rotatable bonds is 8. The Bertz CT molecular complexity index is 1450. The number of hydrogen-bond acceptors (Lipinski definition) is 6. The zero-order valence-electron chi connectivity index (χ0n) is 25.6. The molecule has 1 aromatic heterocycles. The van der Waals surface area contributed by atoms with Crippen molar-refractivity contribution in [3.8, 4) is 0 Å². The van der Waals surface area contributed by atoms with Crippen molar-refractivity contribution in [1.82, 2.24) is 20.1 Å². The number of carbonyl (C=O) groups excluding carboxylic acids is 3. The number of nitrogens with one attached hydrogen (secondary N) is 1. The highest BCUT2D eigenvalue weighted by atomic mass is 35.5. The molecule has 2 amide bonds. The molecule has 0 spiro atoms. The predicted molar refractivity (Wildman–Crippen MR) is 181 cm³/mol. The molecule has 7 nitrogen and oxygen atoms in total. The number of ketones is 1.